The smallest absolute Gasteiger partial charge is 0.363 e. The van der Waals surface area contributed by atoms with Crippen LogP contribution in [0.1, 0.15) is 31.8 Å². The Bertz CT molecular complexity index is 3260. The Kier molecular flexibility index (Phi) is 19.0. The maximum atomic E-state index is 13.9. The fourth-order valence-corrected chi connectivity index (χ4v) is 10.9. The fourth-order valence-electron chi connectivity index (χ4n) is 8.25. The predicted molar refractivity (Wildman–Crippen MR) is 255 cm³/mol. The summed E-state index contributed by atoms with van der Waals surface area (Å²) in [5, 5.41) is 28.6. The minimum absolute atomic E-state index is 0.170. The number of carbonyl (C=O) groups excluding carboxylic acids is 2. The number of aliphatic hydroxyl groups is 2. The first-order chi connectivity index (χ1) is 35.9. The zero-order valence-corrected chi connectivity index (χ0v) is 43.7. The van der Waals surface area contributed by atoms with Gasteiger partial charge in [0, 0.05) is 24.0 Å². The molecule has 2 saturated heterocycles. The van der Waals surface area contributed by atoms with Gasteiger partial charge in [-0.1, -0.05) is 84.9 Å². The number of carbonyl (C=O) groups is 2. The third kappa shape index (κ3) is 17.9. The molecular formula is C40H44N2O30S6. The number of nitrogens with one attached hydrogen (secondary N) is 2. The fraction of sp³-hybridized carbons (Fsp3) is 0.350. The normalized spacial score (nSPS) is 26.4. The number of rotatable bonds is 23. The van der Waals surface area contributed by atoms with Crippen LogP contribution in [0.3, 0.4) is 0 Å². The van der Waals surface area contributed by atoms with Gasteiger partial charge in [-0.3, -0.25) is 36.9 Å². The van der Waals surface area contributed by atoms with E-state index in [1.165, 1.54) is 84.9 Å². The van der Waals surface area contributed by atoms with Gasteiger partial charge in [-0.2, -0.15) is 50.5 Å². The highest BCUT2D eigenvalue weighted by Crippen LogP contribution is 2.38. The minimum Gasteiger partial charge on any atom is -0.363 e. The van der Waals surface area contributed by atoms with E-state index in [1.54, 1.807) is 0 Å². The lowest BCUT2D eigenvalue weighted by molar-refractivity contribution is -0.309. The average molecular weight is 1230 g/mol. The Hall–Kier alpha value is -5.12. The van der Waals surface area contributed by atoms with Crippen molar-refractivity contribution in [3.63, 3.8) is 0 Å². The van der Waals surface area contributed by atoms with Gasteiger partial charge < -0.3 is 30.3 Å². The number of hydrogen-bond acceptors (Lipinski definition) is 24. The SMILES string of the molecule is O=C(N[C@@H]1[C@@H](OS(=O)(=O)O)[C@H](OS(=O)(=O)O)[C@@H](COS(=O)(=O)O)O[C@@]1(O)Cc1ccccc1)c1ccc(-c2ccc(C(=O)N[C@@H]3[C@@H](OS(=O)(=O)O)[C@H](OS(=O)(=O)O)[C@@H](COS(=O)(=O)O)O[C@@]3(O)Cc3ccccc3)cc2)cc1. The standard InChI is InChI=1S/C40H44N2O30S6/c43-37(41-35-33(71-77(59,60)61)31(69-75(53,54)55)29(21-65-73(47,48)49)67-39(35,45)19-23-7-3-1-4-8-23)27-15-11-25(12-16-27)26-13-17-28(18-14-26)38(44)42-36-34(72-78(62,63)64)32(70-76(56,57)58)30(22-66-74(50,51)52)68-40(36,46)20-24-9-5-2-6-10-24/h1-18,29-36,45-46H,19-22H2,(H,41,43)(H,42,44)(H,47,48,49)(H,50,51,52)(H,53,54,55)(H,56,57,58)(H,59,60,61)(H,62,63,64)/t29-,30-,31-,32-,33+,34+,35-,36-,39+,40+/m1/s1. The van der Waals surface area contributed by atoms with Gasteiger partial charge in [-0.05, 0) is 46.5 Å². The molecular weight excluding hydrogens is 1180 g/mol. The Morgan fingerprint density at radius 3 is 0.974 bits per heavy atom. The second-order valence-corrected chi connectivity index (χ2v) is 23.1. The van der Waals surface area contributed by atoms with Crippen molar-refractivity contribution in [2.75, 3.05) is 13.2 Å². The van der Waals surface area contributed by atoms with Crippen LogP contribution in [-0.2, 0) is 110 Å². The van der Waals surface area contributed by atoms with Gasteiger partial charge in [0.2, 0.25) is 0 Å². The highest BCUT2D eigenvalue weighted by atomic mass is 32.3. The molecule has 4 aromatic rings. The first kappa shape index (κ1) is 62.1. The van der Waals surface area contributed by atoms with Crippen LogP contribution in [0.5, 0.6) is 0 Å². The van der Waals surface area contributed by atoms with E-state index < -0.39 is 161 Å². The molecule has 0 unspecified atom stereocenters. The van der Waals surface area contributed by atoms with Gasteiger partial charge in [0.05, 0.1) is 13.2 Å². The van der Waals surface area contributed by atoms with E-state index in [4.69, 9.17) is 9.47 Å². The first-order valence-electron chi connectivity index (χ1n) is 21.5. The van der Waals surface area contributed by atoms with Gasteiger partial charge in [0.25, 0.3) is 11.8 Å². The highest BCUT2D eigenvalue weighted by molar-refractivity contribution is 7.82. The van der Waals surface area contributed by atoms with Crippen molar-refractivity contribution < 1.29 is 132 Å². The summed E-state index contributed by atoms with van der Waals surface area (Å²) >= 11 is 0. The molecule has 0 spiro atoms. The van der Waals surface area contributed by atoms with Crippen molar-refractivity contribution in [1.29, 1.82) is 0 Å². The number of amides is 2. The molecule has 430 valence electrons. The van der Waals surface area contributed by atoms with E-state index in [0.717, 1.165) is 24.3 Å². The van der Waals surface area contributed by atoms with Gasteiger partial charge in [-0.25, -0.2) is 25.1 Å². The number of hydrogen-bond donors (Lipinski definition) is 10. The van der Waals surface area contributed by atoms with Crippen molar-refractivity contribution in [3.05, 3.63) is 131 Å². The van der Waals surface area contributed by atoms with Crippen molar-refractivity contribution in [2.24, 2.45) is 0 Å². The summed E-state index contributed by atoms with van der Waals surface area (Å²) < 4.78 is 238. The maximum absolute atomic E-state index is 13.9. The molecule has 4 aromatic carbocycles. The summed E-state index contributed by atoms with van der Waals surface area (Å²) in [6.07, 6.45) is -16.6. The zero-order chi connectivity index (χ0) is 57.9. The molecule has 6 rings (SSSR count). The third-order valence-corrected chi connectivity index (χ3v) is 13.9. The molecule has 0 bridgehead atoms. The zero-order valence-electron chi connectivity index (χ0n) is 38.8. The van der Waals surface area contributed by atoms with Crippen LogP contribution in [0.2, 0.25) is 0 Å². The Labute approximate surface area is 443 Å². The second kappa shape index (κ2) is 23.9. The van der Waals surface area contributed by atoms with Crippen molar-refractivity contribution >= 4 is 74.2 Å². The molecule has 2 fully saturated rings. The third-order valence-electron chi connectivity index (χ3n) is 11.2. The van der Waals surface area contributed by atoms with Gasteiger partial charge >= 0.3 is 62.4 Å². The van der Waals surface area contributed by atoms with E-state index in [2.05, 4.69) is 35.7 Å². The van der Waals surface area contributed by atoms with E-state index in [9.17, 15) is 97.6 Å². The summed E-state index contributed by atoms with van der Waals surface area (Å²) in [7, 11) is -33.7. The predicted octanol–water partition coefficient (Wildman–Crippen LogP) is -1.40. The highest BCUT2D eigenvalue weighted by Gasteiger charge is 2.60. The average Bonchev–Trinajstić information content (AvgIpc) is 3.36. The van der Waals surface area contributed by atoms with E-state index in [0.29, 0.717) is 0 Å². The molecule has 2 amide bonds. The summed E-state index contributed by atoms with van der Waals surface area (Å²) in [5.41, 5.74) is 0.271. The molecule has 0 radical (unpaired) electrons. The molecule has 2 aliphatic heterocycles. The lowest BCUT2D eigenvalue weighted by Crippen LogP contribution is -2.72. The lowest BCUT2D eigenvalue weighted by Gasteiger charge is -2.49. The van der Waals surface area contributed by atoms with Gasteiger partial charge in [-0.15, -0.1) is 0 Å². The van der Waals surface area contributed by atoms with Crippen LogP contribution >= 0.6 is 0 Å². The minimum atomic E-state index is -5.75. The Balaban J connectivity index is 1.30. The van der Waals surface area contributed by atoms with Crippen LogP contribution in [0.4, 0.5) is 0 Å². The quantitative estimate of drug-likeness (QED) is 0.0382. The molecule has 0 saturated carbocycles. The first-order valence-corrected chi connectivity index (χ1v) is 29.6. The van der Waals surface area contributed by atoms with E-state index in [-0.39, 0.29) is 33.4 Å². The summed E-state index contributed by atoms with van der Waals surface area (Å²) in [6, 6.07) is 19.6. The number of ether oxygens (including phenoxy) is 2. The monoisotopic (exact) mass is 1220 g/mol. The molecule has 78 heavy (non-hydrogen) atoms. The summed E-state index contributed by atoms with van der Waals surface area (Å²) in [5.74, 6) is -8.40. The van der Waals surface area contributed by atoms with Crippen LogP contribution in [0.25, 0.3) is 11.1 Å². The largest absolute Gasteiger partial charge is 0.397 e. The molecule has 10 atom stereocenters. The molecule has 32 nitrogen and oxygen atoms in total. The molecule has 0 aromatic heterocycles. The van der Waals surface area contributed by atoms with E-state index in [1.807, 2.05) is 0 Å². The van der Waals surface area contributed by atoms with Crippen molar-refractivity contribution in [1.82, 2.24) is 10.6 Å². The van der Waals surface area contributed by atoms with E-state index >= 15 is 0 Å². The molecule has 38 heteroatoms. The molecule has 0 aliphatic carbocycles. The van der Waals surface area contributed by atoms with Gasteiger partial charge in [0.15, 0.2) is 11.6 Å². The molecule has 10 N–H and O–H groups in total. The molecule has 2 heterocycles. The summed E-state index contributed by atoms with van der Waals surface area (Å²) in [4.78, 5) is 27.9. The maximum Gasteiger partial charge on any atom is 0.397 e. The Morgan fingerprint density at radius 1 is 0.423 bits per heavy atom. The lowest BCUT2D eigenvalue weighted by atomic mass is 9.86. The number of benzene rings is 4. The van der Waals surface area contributed by atoms with Crippen molar-refractivity contribution in [3.8, 4) is 11.1 Å². The van der Waals surface area contributed by atoms with Crippen LogP contribution in [0, 0.1) is 0 Å². The van der Waals surface area contributed by atoms with Crippen LogP contribution in [0.15, 0.2) is 109 Å². The van der Waals surface area contributed by atoms with Crippen LogP contribution < -0.4 is 10.6 Å². The van der Waals surface area contributed by atoms with Crippen LogP contribution in [-0.4, -0.2) is 173 Å². The topological polar surface area (TPSA) is 499 Å². The molecule has 2 aliphatic rings. The Morgan fingerprint density at radius 2 is 0.705 bits per heavy atom. The van der Waals surface area contributed by atoms with Gasteiger partial charge in [0.1, 0.15) is 48.7 Å². The summed E-state index contributed by atoms with van der Waals surface area (Å²) in [6.45, 7) is -2.93. The van der Waals surface area contributed by atoms with Crippen molar-refractivity contribution in [2.45, 2.75) is 73.1 Å². The second-order valence-electron chi connectivity index (χ2n) is 16.8.